The van der Waals surface area contributed by atoms with E-state index >= 15 is 0 Å². The van der Waals surface area contributed by atoms with Gasteiger partial charge < -0.3 is 9.22 Å². The molecule has 3 aromatic rings. The molecule has 4 heteroatoms. The Bertz CT molecular complexity index is 959. The molecule has 0 amide bonds. The topological polar surface area (TPSA) is 26.3 Å². The number of hydrogen-bond acceptors (Lipinski definition) is 3. The Morgan fingerprint density at radius 2 is 1.73 bits per heavy atom. The number of fused-ring (bicyclic) bond motifs is 2. The smallest absolute Gasteiger partial charge is 0.195 e. The maximum atomic E-state index is 12.8. The Kier molecular flexibility index (Phi) is 5.76. The molecule has 0 fully saturated rings. The molecular weight excluding hydrogens is 342 g/mol. The van der Waals surface area contributed by atoms with Gasteiger partial charge in [-0.1, -0.05) is 18.2 Å². The third-order valence-electron chi connectivity index (χ3n) is 5.40. The van der Waals surface area contributed by atoms with Crippen LogP contribution in [-0.4, -0.2) is 37.3 Å². The highest BCUT2D eigenvalue weighted by Crippen LogP contribution is 2.25. The molecule has 0 radical (unpaired) electrons. The summed E-state index contributed by atoms with van der Waals surface area (Å²) in [6.07, 6.45) is 0.182. The van der Waals surface area contributed by atoms with Gasteiger partial charge in [0.05, 0.1) is 26.7 Å². The summed E-state index contributed by atoms with van der Waals surface area (Å²) in [5.41, 5.74) is 1.18. The van der Waals surface area contributed by atoms with Gasteiger partial charge in [0.1, 0.15) is 12.6 Å². The monoisotopic (exact) mass is 370 g/mol. The molecule has 0 saturated carbocycles. The molecule has 0 aliphatic heterocycles. The number of hydrogen-bond donors (Lipinski definition) is 0. The third-order valence-corrected chi connectivity index (χ3v) is 6.55. The molecule has 0 aliphatic rings. The average Bonchev–Trinajstić information content (AvgIpc) is 2.66. The number of likely N-dealkylation sites (N-methyl/N-ethyl adjacent to an activating group) is 1. The van der Waals surface area contributed by atoms with Crippen molar-refractivity contribution in [2.24, 2.45) is 0 Å². The average molecular weight is 371 g/mol. The fourth-order valence-corrected chi connectivity index (χ4v) is 4.39. The van der Waals surface area contributed by atoms with E-state index in [1.54, 1.807) is 11.3 Å². The van der Waals surface area contributed by atoms with E-state index in [0.717, 1.165) is 49.9 Å². The molecular formula is C22H28NO2S+. The lowest BCUT2D eigenvalue weighted by Gasteiger charge is -2.34. The van der Waals surface area contributed by atoms with E-state index in [2.05, 4.69) is 40.0 Å². The summed E-state index contributed by atoms with van der Waals surface area (Å²) in [6.45, 7) is 10.3. The second kappa shape index (κ2) is 7.87. The summed E-state index contributed by atoms with van der Waals surface area (Å²) in [5, 5.41) is 1.60. The van der Waals surface area contributed by atoms with Crippen LogP contribution in [-0.2, 0) is 11.3 Å². The van der Waals surface area contributed by atoms with Gasteiger partial charge in [-0.2, -0.15) is 0 Å². The lowest BCUT2D eigenvalue weighted by Crippen LogP contribution is -2.48. The van der Waals surface area contributed by atoms with Crippen molar-refractivity contribution < 1.29 is 9.22 Å². The summed E-state index contributed by atoms with van der Waals surface area (Å²) in [7, 11) is 2.27. The van der Waals surface area contributed by atoms with E-state index in [0.29, 0.717) is 6.61 Å². The summed E-state index contributed by atoms with van der Waals surface area (Å²) >= 11 is 1.67. The van der Waals surface area contributed by atoms with Gasteiger partial charge in [0.2, 0.25) is 0 Å². The zero-order valence-electron chi connectivity index (χ0n) is 16.1. The Hall–Kier alpha value is -1.75. The second-order valence-electron chi connectivity index (χ2n) is 7.31. The van der Waals surface area contributed by atoms with Crippen molar-refractivity contribution in [1.29, 1.82) is 0 Å². The van der Waals surface area contributed by atoms with Crippen molar-refractivity contribution in [2.75, 3.05) is 26.7 Å². The largest absolute Gasteiger partial charge is 0.368 e. The van der Waals surface area contributed by atoms with Gasteiger partial charge in [0.25, 0.3) is 0 Å². The molecule has 138 valence electrons. The molecule has 1 unspecified atom stereocenters. The van der Waals surface area contributed by atoms with Gasteiger partial charge in [0, 0.05) is 20.2 Å². The van der Waals surface area contributed by atoms with Crippen LogP contribution in [0.1, 0.15) is 26.3 Å². The number of nitrogens with zero attached hydrogens (tertiary/aromatic N) is 1. The summed E-state index contributed by atoms with van der Waals surface area (Å²) < 4.78 is 9.18. The maximum Gasteiger partial charge on any atom is 0.195 e. The van der Waals surface area contributed by atoms with Crippen LogP contribution in [0.2, 0.25) is 0 Å². The lowest BCUT2D eigenvalue weighted by molar-refractivity contribution is -0.909. The van der Waals surface area contributed by atoms with Crippen LogP contribution in [0.25, 0.3) is 20.2 Å². The lowest BCUT2D eigenvalue weighted by atomic mass is 10.1. The van der Waals surface area contributed by atoms with Gasteiger partial charge in [0.15, 0.2) is 5.43 Å². The van der Waals surface area contributed by atoms with Crippen molar-refractivity contribution >= 4 is 31.5 Å². The Labute approximate surface area is 159 Å². The predicted molar refractivity (Wildman–Crippen MR) is 112 cm³/mol. The van der Waals surface area contributed by atoms with Crippen LogP contribution in [0.3, 0.4) is 0 Å². The number of ether oxygens (including phenoxy) is 1. The van der Waals surface area contributed by atoms with Crippen LogP contribution in [0.15, 0.2) is 47.3 Å². The molecule has 1 aromatic heterocycles. The Balaban J connectivity index is 1.80. The fourth-order valence-electron chi connectivity index (χ4n) is 3.33. The van der Waals surface area contributed by atoms with Crippen LogP contribution >= 0.6 is 11.3 Å². The van der Waals surface area contributed by atoms with Crippen LogP contribution < -0.4 is 5.43 Å². The van der Waals surface area contributed by atoms with Crippen molar-refractivity contribution in [3.05, 3.63) is 58.3 Å². The fraction of sp³-hybridized carbons (Fsp3) is 0.409. The minimum atomic E-state index is 0.116. The van der Waals surface area contributed by atoms with Gasteiger partial charge >= 0.3 is 0 Å². The van der Waals surface area contributed by atoms with E-state index in [4.69, 9.17) is 4.74 Å². The first-order chi connectivity index (χ1) is 12.5. The highest BCUT2D eigenvalue weighted by molar-refractivity contribution is 7.24. The first-order valence-corrected chi connectivity index (χ1v) is 10.2. The minimum absolute atomic E-state index is 0.116. The molecule has 0 spiro atoms. The van der Waals surface area contributed by atoms with Gasteiger partial charge in [-0.05, 0) is 50.6 Å². The standard InChI is InChI=1S/C22H28NO2S/c1-5-23(4,6-2)14-16(3)25-15-17-11-12-21-19(13-17)22(24)18-9-7-8-10-20(18)26-21/h7-13,16H,5-6,14-15H2,1-4H3/q+1. The molecule has 26 heavy (non-hydrogen) atoms. The van der Waals surface area contributed by atoms with Gasteiger partial charge in [-0.25, -0.2) is 0 Å². The van der Waals surface area contributed by atoms with Crippen molar-refractivity contribution in [2.45, 2.75) is 33.5 Å². The molecule has 3 rings (SSSR count). The highest BCUT2D eigenvalue weighted by atomic mass is 32.1. The molecule has 0 N–H and O–H groups in total. The minimum Gasteiger partial charge on any atom is -0.368 e. The molecule has 0 aliphatic carbocycles. The zero-order valence-corrected chi connectivity index (χ0v) is 16.9. The van der Waals surface area contributed by atoms with Gasteiger partial charge in [-0.15, -0.1) is 11.3 Å². The molecule has 0 bridgehead atoms. The third kappa shape index (κ3) is 3.98. The van der Waals surface area contributed by atoms with E-state index < -0.39 is 0 Å². The van der Waals surface area contributed by atoms with Crippen molar-refractivity contribution in [1.82, 2.24) is 0 Å². The van der Waals surface area contributed by atoms with Crippen molar-refractivity contribution in [3.63, 3.8) is 0 Å². The van der Waals surface area contributed by atoms with Crippen molar-refractivity contribution in [3.8, 4) is 0 Å². The van der Waals surface area contributed by atoms with Crippen LogP contribution in [0.5, 0.6) is 0 Å². The number of quaternary nitrogens is 1. The first kappa shape index (κ1) is 19.0. The summed E-state index contributed by atoms with van der Waals surface area (Å²) in [6, 6.07) is 14.0. The highest BCUT2D eigenvalue weighted by Gasteiger charge is 2.20. The Morgan fingerprint density at radius 3 is 2.46 bits per heavy atom. The number of rotatable bonds is 7. The first-order valence-electron chi connectivity index (χ1n) is 9.35. The molecule has 1 atom stereocenters. The predicted octanol–water partition coefficient (Wildman–Crippen LogP) is 4.81. The Morgan fingerprint density at radius 1 is 1.04 bits per heavy atom. The summed E-state index contributed by atoms with van der Waals surface area (Å²) in [5.74, 6) is 0. The number of benzene rings is 2. The zero-order chi connectivity index (χ0) is 18.7. The van der Waals surface area contributed by atoms with Crippen LogP contribution in [0.4, 0.5) is 0 Å². The van der Waals surface area contributed by atoms with E-state index in [1.165, 1.54) is 0 Å². The maximum absolute atomic E-state index is 12.8. The second-order valence-corrected chi connectivity index (χ2v) is 8.40. The molecule has 2 aromatic carbocycles. The molecule has 3 nitrogen and oxygen atoms in total. The summed E-state index contributed by atoms with van der Waals surface area (Å²) in [4.78, 5) is 12.8. The quantitative estimate of drug-likeness (QED) is 0.441. The van der Waals surface area contributed by atoms with Gasteiger partial charge in [-0.3, -0.25) is 4.79 Å². The van der Waals surface area contributed by atoms with Crippen LogP contribution in [0, 0.1) is 0 Å². The molecule has 0 saturated heterocycles. The van der Waals surface area contributed by atoms with E-state index in [-0.39, 0.29) is 11.5 Å². The molecule has 1 heterocycles. The SMILES string of the molecule is CC[N+](C)(CC)CC(C)OCc1ccc2sc3ccccc3c(=O)c2c1. The normalized spacial score (nSPS) is 13.4. The van der Waals surface area contributed by atoms with E-state index in [1.807, 2.05) is 30.3 Å². The van der Waals surface area contributed by atoms with E-state index in [9.17, 15) is 4.79 Å².